The van der Waals surface area contributed by atoms with E-state index in [1.807, 2.05) is 0 Å². The van der Waals surface area contributed by atoms with Crippen molar-refractivity contribution in [3.05, 3.63) is 34.3 Å². The van der Waals surface area contributed by atoms with Crippen molar-refractivity contribution >= 4 is 27.3 Å². The summed E-state index contributed by atoms with van der Waals surface area (Å²) in [5.74, 6) is 0.0776. The molecule has 0 spiro atoms. The molecule has 0 amide bonds. The summed E-state index contributed by atoms with van der Waals surface area (Å²) in [6.45, 7) is 5.48. The molecule has 0 fully saturated rings. The van der Waals surface area contributed by atoms with Gasteiger partial charge >= 0.3 is 0 Å². The smallest absolute Gasteiger partial charge is 0.265 e. The Morgan fingerprint density at radius 3 is 2.67 bits per heavy atom. The zero-order chi connectivity index (χ0) is 15.3. The first-order valence-electron chi connectivity index (χ1n) is 6.63. The molecule has 0 aliphatic carbocycles. The van der Waals surface area contributed by atoms with Crippen LogP contribution in [0.1, 0.15) is 23.1 Å². The Morgan fingerprint density at radius 1 is 1.29 bits per heavy atom. The van der Waals surface area contributed by atoms with Gasteiger partial charge in [0.1, 0.15) is 4.90 Å². The highest BCUT2D eigenvalue weighted by Gasteiger charge is 2.20. The number of nitrogens with zero attached hydrogens (tertiary/aromatic N) is 2. The molecule has 2 rings (SSSR count). The number of aryl methyl sites for hydroxylation is 1. The van der Waals surface area contributed by atoms with E-state index >= 15 is 0 Å². The molecular formula is C13H18N4O2S2. The van der Waals surface area contributed by atoms with Crippen LogP contribution in [0, 0.1) is 6.92 Å². The molecule has 2 aromatic rings. The minimum absolute atomic E-state index is 0.0776. The number of nitrogens with one attached hydrogen (secondary N) is 2. The normalized spacial score (nSPS) is 11.5. The Morgan fingerprint density at radius 2 is 2.00 bits per heavy atom. The first kappa shape index (κ1) is 15.9. The zero-order valence-electron chi connectivity index (χ0n) is 12.0. The molecule has 0 aliphatic rings. The van der Waals surface area contributed by atoms with Crippen molar-refractivity contribution in [2.75, 3.05) is 11.3 Å². The van der Waals surface area contributed by atoms with Crippen LogP contribution in [0.25, 0.3) is 0 Å². The molecule has 6 nitrogen and oxygen atoms in total. The van der Waals surface area contributed by atoms with Crippen LogP contribution in [0.2, 0.25) is 0 Å². The van der Waals surface area contributed by atoms with Gasteiger partial charge in [0.2, 0.25) is 5.95 Å². The van der Waals surface area contributed by atoms with Crippen LogP contribution in [-0.4, -0.2) is 24.9 Å². The highest BCUT2D eigenvalue weighted by Crippen LogP contribution is 2.26. The van der Waals surface area contributed by atoms with Gasteiger partial charge in [-0.05, 0) is 32.0 Å². The molecule has 0 atom stereocenters. The average molecular weight is 326 g/mol. The molecule has 0 saturated heterocycles. The predicted octanol–water partition coefficient (Wildman–Crippen LogP) is 2.15. The molecule has 2 aromatic heterocycles. The van der Waals surface area contributed by atoms with Gasteiger partial charge in [0.15, 0.2) is 0 Å². The number of hydrogen-bond donors (Lipinski definition) is 2. The van der Waals surface area contributed by atoms with Crippen LogP contribution in [0.15, 0.2) is 29.4 Å². The van der Waals surface area contributed by atoms with Gasteiger partial charge in [0.25, 0.3) is 10.0 Å². The van der Waals surface area contributed by atoms with Crippen molar-refractivity contribution in [1.29, 1.82) is 0 Å². The maximum atomic E-state index is 12.4. The second-order valence-electron chi connectivity index (χ2n) is 4.49. The van der Waals surface area contributed by atoms with Crippen LogP contribution in [0.3, 0.4) is 0 Å². The third kappa shape index (κ3) is 4.23. The van der Waals surface area contributed by atoms with Crippen molar-refractivity contribution in [2.45, 2.75) is 31.7 Å². The summed E-state index contributed by atoms with van der Waals surface area (Å²) >= 11 is 1.48. The maximum Gasteiger partial charge on any atom is 0.265 e. The fourth-order valence-electron chi connectivity index (χ4n) is 1.79. The van der Waals surface area contributed by atoms with Crippen LogP contribution in [0.4, 0.5) is 5.95 Å². The van der Waals surface area contributed by atoms with Crippen LogP contribution in [-0.2, 0) is 16.6 Å². The van der Waals surface area contributed by atoms with Gasteiger partial charge in [0, 0.05) is 28.7 Å². The van der Waals surface area contributed by atoms with E-state index in [4.69, 9.17) is 0 Å². The molecule has 0 radical (unpaired) electrons. The molecule has 0 unspecified atom stereocenters. The summed E-state index contributed by atoms with van der Waals surface area (Å²) in [6, 6.07) is 3.33. The Bertz CT molecular complexity index is 683. The minimum atomic E-state index is -3.65. The Hall–Kier alpha value is -1.51. The zero-order valence-corrected chi connectivity index (χ0v) is 13.6. The Balaban J connectivity index is 2.16. The third-order valence-electron chi connectivity index (χ3n) is 2.73. The van der Waals surface area contributed by atoms with E-state index in [9.17, 15) is 8.42 Å². The summed E-state index contributed by atoms with van der Waals surface area (Å²) in [7, 11) is -3.65. The lowest BCUT2D eigenvalue weighted by atomic mass is 10.4. The molecule has 2 heterocycles. The standard InChI is InChI=1S/C13H18N4O2S2/c1-3-5-14-9-11-8-12(10(2)20-11)21(18,19)17-13-15-6-4-7-16-13/h4,6-8,14H,3,5,9H2,1-2H3,(H,15,16,17). The second kappa shape index (κ2) is 6.97. The lowest BCUT2D eigenvalue weighted by molar-refractivity contribution is 0.600. The van der Waals surface area contributed by atoms with E-state index in [2.05, 4.69) is 26.9 Å². The van der Waals surface area contributed by atoms with Gasteiger partial charge in [-0.15, -0.1) is 11.3 Å². The van der Waals surface area contributed by atoms with E-state index in [0.29, 0.717) is 6.54 Å². The van der Waals surface area contributed by atoms with Gasteiger partial charge in [-0.1, -0.05) is 6.92 Å². The lowest BCUT2D eigenvalue weighted by Gasteiger charge is -2.05. The number of rotatable bonds is 7. The highest BCUT2D eigenvalue weighted by atomic mass is 32.2. The quantitative estimate of drug-likeness (QED) is 0.762. The molecular weight excluding hydrogens is 308 g/mol. The van der Waals surface area contributed by atoms with Gasteiger partial charge < -0.3 is 5.32 Å². The third-order valence-corrected chi connectivity index (χ3v) is 5.36. The van der Waals surface area contributed by atoms with Crippen molar-refractivity contribution in [3.63, 3.8) is 0 Å². The number of hydrogen-bond acceptors (Lipinski definition) is 6. The maximum absolute atomic E-state index is 12.4. The summed E-state index contributed by atoms with van der Waals surface area (Å²) < 4.78 is 27.1. The van der Waals surface area contributed by atoms with Crippen molar-refractivity contribution < 1.29 is 8.42 Å². The number of aromatic nitrogens is 2. The predicted molar refractivity (Wildman–Crippen MR) is 83.9 cm³/mol. The lowest BCUT2D eigenvalue weighted by Crippen LogP contribution is -2.15. The summed E-state index contributed by atoms with van der Waals surface area (Å²) in [6.07, 6.45) is 4.03. The summed E-state index contributed by atoms with van der Waals surface area (Å²) in [5, 5.41) is 3.26. The SMILES string of the molecule is CCCNCc1cc(S(=O)(=O)Nc2ncccn2)c(C)s1. The summed E-state index contributed by atoms with van der Waals surface area (Å²) in [5.41, 5.74) is 0. The van der Waals surface area contributed by atoms with Crippen molar-refractivity contribution in [3.8, 4) is 0 Å². The van der Waals surface area contributed by atoms with Gasteiger partial charge in [-0.25, -0.2) is 23.1 Å². The van der Waals surface area contributed by atoms with E-state index in [1.54, 1.807) is 19.1 Å². The fraction of sp³-hybridized carbons (Fsp3) is 0.385. The molecule has 2 N–H and O–H groups in total. The van der Waals surface area contributed by atoms with Crippen LogP contribution in [0.5, 0.6) is 0 Å². The highest BCUT2D eigenvalue weighted by molar-refractivity contribution is 7.92. The summed E-state index contributed by atoms with van der Waals surface area (Å²) in [4.78, 5) is 9.79. The molecule has 21 heavy (non-hydrogen) atoms. The van der Waals surface area contributed by atoms with Crippen molar-refractivity contribution in [1.82, 2.24) is 15.3 Å². The largest absolute Gasteiger partial charge is 0.312 e. The minimum Gasteiger partial charge on any atom is -0.312 e. The fourth-order valence-corrected chi connectivity index (χ4v) is 4.36. The van der Waals surface area contributed by atoms with E-state index in [1.165, 1.54) is 23.7 Å². The Labute approximate surface area is 128 Å². The molecule has 8 heteroatoms. The first-order chi connectivity index (χ1) is 10.0. The van der Waals surface area contributed by atoms with Crippen molar-refractivity contribution in [2.24, 2.45) is 0 Å². The molecule has 0 aromatic carbocycles. The van der Waals surface area contributed by atoms with Crippen LogP contribution < -0.4 is 10.0 Å². The van der Waals surface area contributed by atoms with Gasteiger partial charge in [-0.2, -0.15) is 0 Å². The van der Waals surface area contributed by atoms with E-state index in [-0.39, 0.29) is 10.8 Å². The number of sulfonamides is 1. The number of thiophene rings is 1. The van der Waals surface area contributed by atoms with Gasteiger partial charge in [-0.3, -0.25) is 0 Å². The van der Waals surface area contributed by atoms with Gasteiger partial charge in [0.05, 0.1) is 0 Å². The number of anilines is 1. The molecule has 114 valence electrons. The monoisotopic (exact) mass is 326 g/mol. The Kier molecular flexibility index (Phi) is 5.27. The van der Waals surface area contributed by atoms with E-state index < -0.39 is 10.0 Å². The molecule has 0 bridgehead atoms. The second-order valence-corrected chi connectivity index (χ2v) is 7.48. The first-order valence-corrected chi connectivity index (χ1v) is 8.92. The topological polar surface area (TPSA) is 84.0 Å². The van der Waals surface area contributed by atoms with E-state index in [0.717, 1.165) is 22.7 Å². The average Bonchev–Trinajstić information content (AvgIpc) is 2.82. The molecule has 0 aliphatic heterocycles. The van der Waals surface area contributed by atoms with Crippen LogP contribution >= 0.6 is 11.3 Å². The molecule has 0 saturated carbocycles.